The Morgan fingerprint density at radius 1 is 0.741 bits per heavy atom. The molecule has 9 heteroatoms. The zero-order valence-electron chi connectivity index (χ0n) is 13.9. The van der Waals surface area contributed by atoms with E-state index < -0.39 is 7.81 Å². The van der Waals surface area contributed by atoms with Crippen molar-refractivity contribution in [2.45, 2.75) is 11.3 Å². The van der Waals surface area contributed by atoms with E-state index in [1.165, 1.54) is 33.0 Å². The van der Waals surface area contributed by atoms with Gasteiger partial charge in [-0.05, 0) is 40.6 Å². The predicted molar refractivity (Wildman–Crippen MR) is 101 cm³/mol. The number of aromatic hydroxyl groups is 1. The maximum atomic E-state index is 9.87. The molecule has 0 atom stereocenters. The minimum Gasteiger partial charge on any atom is -0.508 e. The molecule has 0 saturated carbocycles. The SMILES string of the molecule is F[P-](F)(F)(F)(F)F.Oc1ccc([SH+]CCc2cccc3ccccc23)cc1. The normalized spacial score (nSPS) is 14.0. The number of thiol groups is 1. The van der Waals surface area contributed by atoms with Gasteiger partial charge in [0.15, 0.2) is 4.90 Å². The summed E-state index contributed by atoms with van der Waals surface area (Å²) in [5, 5.41) is 11.9. The molecule has 0 radical (unpaired) electrons. The summed E-state index contributed by atoms with van der Waals surface area (Å²) in [5.41, 5.74) is 1.41. The van der Waals surface area contributed by atoms with Gasteiger partial charge in [-0.1, -0.05) is 42.5 Å². The molecule has 0 bridgehead atoms. The van der Waals surface area contributed by atoms with Crippen molar-refractivity contribution in [2.24, 2.45) is 0 Å². The maximum absolute atomic E-state index is 10.7. The number of hydrogen-bond acceptors (Lipinski definition) is 1. The van der Waals surface area contributed by atoms with Crippen molar-refractivity contribution in [2.75, 3.05) is 5.75 Å². The minimum absolute atomic E-state index is 0.331. The van der Waals surface area contributed by atoms with E-state index in [1.54, 1.807) is 12.1 Å². The summed E-state index contributed by atoms with van der Waals surface area (Å²) < 4.78 is 59.2. The first-order chi connectivity index (χ1) is 12.3. The standard InChI is InChI=1S/C18H16OS.F6P/c19-16-8-10-17(11-9-16)20-13-12-15-6-3-5-14-4-1-2-7-18(14)15;1-7(2,3,4,5)6/h1-11,19H,12-13H2;/q;-1/p+1. The Balaban J connectivity index is 0.000000321. The number of hydrogen-bond donors (Lipinski definition) is 1. The van der Waals surface area contributed by atoms with E-state index in [1.807, 2.05) is 12.1 Å². The Bertz CT molecular complexity index is 894. The van der Waals surface area contributed by atoms with Crippen molar-refractivity contribution >= 4 is 30.3 Å². The van der Waals surface area contributed by atoms with Gasteiger partial charge in [0.25, 0.3) is 0 Å². The van der Waals surface area contributed by atoms with Gasteiger partial charge < -0.3 is 5.11 Å². The monoisotopic (exact) mass is 426 g/mol. The second kappa shape index (κ2) is 7.24. The fourth-order valence-electron chi connectivity index (χ4n) is 2.37. The maximum Gasteiger partial charge on any atom is 0.152 e. The first kappa shape index (κ1) is 21.4. The fraction of sp³-hybridized carbons (Fsp3) is 0.111. The quantitative estimate of drug-likeness (QED) is 0.200. The van der Waals surface area contributed by atoms with Crippen LogP contribution in [0.2, 0.25) is 0 Å². The molecule has 3 rings (SSSR count). The van der Waals surface area contributed by atoms with Crippen LogP contribution in [0.4, 0.5) is 25.2 Å². The molecule has 1 N–H and O–H groups in total. The van der Waals surface area contributed by atoms with Crippen LogP contribution in [0.1, 0.15) is 5.56 Å². The van der Waals surface area contributed by atoms with Gasteiger partial charge in [-0.15, -0.1) is 0 Å². The van der Waals surface area contributed by atoms with Gasteiger partial charge in [-0.3, -0.25) is 0 Å². The van der Waals surface area contributed by atoms with Gasteiger partial charge in [-0.25, -0.2) is 0 Å². The van der Waals surface area contributed by atoms with E-state index in [9.17, 15) is 30.3 Å². The first-order valence-corrected chi connectivity index (χ1v) is 10.9. The molecular weight excluding hydrogens is 409 g/mol. The van der Waals surface area contributed by atoms with Crippen LogP contribution in [0, 0.1) is 0 Å². The van der Waals surface area contributed by atoms with E-state index in [2.05, 4.69) is 42.5 Å². The Morgan fingerprint density at radius 3 is 1.93 bits per heavy atom. The van der Waals surface area contributed by atoms with Gasteiger partial charge in [-0.2, -0.15) is 0 Å². The number of fused-ring (bicyclic) bond motifs is 1. The zero-order valence-corrected chi connectivity index (χ0v) is 15.7. The van der Waals surface area contributed by atoms with Crippen LogP contribution in [0.3, 0.4) is 0 Å². The summed E-state index contributed by atoms with van der Waals surface area (Å²) in [6.45, 7) is 0. The third kappa shape index (κ3) is 9.54. The molecule has 0 saturated heterocycles. The Kier molecular flexibility index (Phi) is 5.74. The summed E-state index contributed by atoms with van der Waals surface area (Å²) in [6.07, 6.45) is 1.07. The van der Waals surface area contributed by atoms with Crippen molar-refractivity contribution in [3.05, 3.63) is 72.3 Å². The van der Waals surface area contributed by atoms with Crippen LogP contribution in [0.15, 0.2) is 71.6 Å². The topological polar surface area (TPSA) is 20.2 Å². The average molecular weight is 426 g/mol. The van der Waals surface area contributed by atoms with E-state index in [0.717, 1.165) is 12.2 Å². The van der Waals surface area contributed by atoms with Gasteiger partial charge in [0.05, 0.1) is 0 Å². The molecule has 0 unspecified atom stereocenters. The number of aryl methyl sites for hydroxylation is 1. The summed E-state index contributed by atoms with van der Waals surface area (Å²) in [7, 11) is -10.7. The molecule has 1 nitrogen and oxygen atoms in total. The molecule has 27 heavy (non-hydrogen) atoms. The molecule has 3 aromatic carbocycles. The largest absolute Gasteiger partial charge is 0.508 e. The van der Waals surface area contributed by atoms with Gasteiger partial charge >= 0.3 is 33.0 Å². The van der Waals surface area contributed by atoms with Crippen molar-refractivity contribution in [3.63, 3.8) is 0 Å². The second-order valence-corrected chi connectivity index (χ2v) is 8.94. The number of phenolic OH excluding ortho intramolecular Hbond substituents is 1. The third-order valence-corrected chi connectivity index (χ3v) is 4.52. The molecule has 148 valence electrons. The fourth-order valence-corrected chi connectivity index (χ4v) is 3.34. The van der Waals surface area contributed by atoms with Gasteiger partial charge in [0, 0.05) is 18.2 Å². The molecule has 0 aliphatic heterocycles. The Hall–Kier alpha value is -1.92. The van der Waals surface area contributed by atoms with Crippen molar-refractivity contribution in [3.8, 4) is 5.75 Å². The number of phenols is 1. The van der Waals surface area contributed by atoms with Gasteiger partial charge in [0.2, 0.25) is 0 Å². The van der Waals surface area contributed by atoms with E-state index in [-0.39, 0.29) is 0 Å². The molecule has 0 aliphatic carbocycles. The third-order valence-electron chi connectivity index (χ3n) is 3.41. The van der Waals surface area contributed by atoms with Crippen LogP contribution < -0.4 is 0 Å². The Morgan fingerprint density at radius 2 is 1.30 bits per heavy atom. The summed E-state index contributed by atoms with van der Waals surface area (Å²) in [6, 6.07) is 22.5. The molecule has 0 spiro atoms. The number of rotatable bonds is 4. The molecule has 0 fully saturated rings. The molecule has 0 amide bonds. The smallest absolute Gasteiger partial charge is 0.152 e. The summed E-state index contributed by atoms with van der Waals surface area (Å²) in [5.74, 6) is 1.43. The molecule has 0 heterocycles. The van der Waals surface area contributed by atoms with Crippen molar-refractivity contribution in [1.29, 1.82) is 0 Å². The summed E-state index contributed by atoms with van der Waals surface area (Å²) in [4.78, 5) is 1.25. The van der Waals surface area contributed by atoms with Crippen LogP contribution in [-0.2, 0) is 18.2 Å². The van der Waals surface area contributed by atoms with Crippen molar-refractivity contribution < 1.29 is 30.3 Å². The van der Waals surface area contributed by atoms with E-state index >= 15 is 0 Å². The number of benzene rings is 3. The van der Waals surface area contributed by atoms with Crippen molar-refractivity contribution in [1.82, 2.24) is 0 Å². The minimum atomic E-state index is -10.7. The molecular formula is C18H17F6OPS. The summed E-state index contributed by atoms with van der Waals surface area (Å²) >= 11 is 1.30. The predicted octanol–water partition coefficient (Wildman–Crippen LogP) is 7.34. The molecule has 0 aromatic heterocycles. The van der Waals surface area contributed by atoms with Crippen LogP contribution in [0.25, 0.3) is 10.8 Å². The molecule has 3 aromatic rings. The zero-order chi connectivity index (χ0) is 20.2. The molecule has 0 aliphatic rings. The second-order valence-electron chi connectivity index (χ2n) is 5.74. The van der Waals surface area contributed by atoms with Crippen LogP contribution in [-0.4, -0.2) is 10.9 Å². The van der Waals surface area contributed by atoms with E-state index in [4.69, 9.17) is 0 Å². The van der Waals surface area contributed by atoms with Gasteiger partial charge in [0.1, 0.15) is 11.5 Å². The number of halogens is 6. The van der Waals surface area contributed by atoms with Crippen LogP contribution in [0.5, 0.6) is 5.75 Å². The average Bonchev–Trinajstić information content (AvgIpc) is 2.54. The Labute approximate surface area is 156 Å². The van der Waals surface area contributed by atoms with E-state index in [0.29, 0.717) is 5.75 Å². The first-order valence-electron chi connectivity index (χ1n) is 7.77. The van der Waals surface area contributed by atoms with Crippen LogP contribution >= 0.6 is 7.81 Å².